The van der Waals surface area contributed by atoms with E-state index in [2.05, 4.69) is 47.2 Å². The van der Waals surface area contributed by atoms with Crippen LogP contribution < -0.4 is 15.8 Å². The molecule has 1 amide bonds. The lowest BCUT2D eigenvalue weighted by atomic mass is 9.96. The average molecular weight is 416 g/mol. The van der Waals surface area contributed by atoms with Gasteiger partial charge in [-0.3, -0.25) is 9.59 Å². The Balaban J connectivity index is 1.70. The smallest absolute Gasteiger partial charge is 0.253 e. The summed E-state index contributed by atoms with van der Waals surface area (Å²) in [5.74, 6) is -0.140. The molecule has 31 heavy (non-hydrogen) atoms. The number of carbonyl (C=O) groups excluding carboxylic acids is 1. The van der Waals surface area contributed by atoms with E-state index in [1.54, 1.807) is 0 Å². The van der Waals surface area contributed by atoms with Gasteiger partial charge in [0.2, 0.25) is 0 Å². The highest BCUT2D eigenvalue weighted by Crippen LogP contribution is 2.37. The van der Waals surface area contributed by atoms with Gasteiger partial charge in [0.05, 0.1) is 0 Å². The van der Waals surface area contributed by atoms with Crippen LogP contribution in [-0.2, 0) is 13.0 Å². The Morgan fingerprint density at radius 1 is 1.10 bits per heavy atom. The van der Waals surface area contributed by atoms with Gasteiger partial charge in [0.25, 0.3) is 11.5 Å². The van der Waals surface area contributed by atoms with Crippen LogP contribution in [0.3, 0.4) is 0 Å². The van der Waals surface area contributed by atoms with E-state index in [9.17, 15) is 9.59 Å². The third kappa shape index (κ3) is 4.13. The van der Waals surface area contributed by atoms with Gasteiger partial charge in [-0.2, -0.15) is 0 Å². The van der Waals surface area contributed by atoms with Crippen molar-refractivity contribution in [3.63, 3.8) is 0 Å². The quantitative estimate of drug-likeness (QED) is 0.651. The van der Waals surface area contributed by atoms with Crippen LogP contribution in [-0.4, -0.2) is 23.5 Å². The molecule has 2 N–H and O–H groups in total. The van der Waals surface area contributed by atoms with Gasteiger partial charge in [0.15, 0.2) is 0 Å². The predicted molar refractivity (Wildman–Crippen MR) is 126 cm³/mol. The predicted octanol–water partition coefficient (Wildman–Crippen LogP) is 4.36. The van der Waals surface area contributed by atoms with E-state index in [0.717, 1.165) is 46.6 Å². The minimum absolute atomic E-state index is 0.140. The summed E-state index contributed by atoms with van der Waals surface area (Å²) in [6, 6.07) is 16.6. The monoisotopic (exact) mass is 415 g/mol. The fourth-order valence-electron chi connectivity index (χ4n) is 4.43. The van der Waals surface area contributed by atoms with Crippen LogP contribution in [0.2, 0.25) is 0 Å². The zero-order valence-corrected chi connectivity index (χ0v) is 18.6. The van der Waals surface area contributed by atoms with Crippen molar-refractivity contribution in [3.8, 4) is 11.1 Å². The second-order valence-corrected chi connectivity index (χ2v) is 8.55. The molecule has 1 aromatic heterocycles. The second kappa shape index (κ2) is 8.42. The molecule has 0 radical (unpaired) electrons. The Bertz CT molecular complexity index is 1180. The maximum absolute atomic E-state index is 13.3. The highest BCUT2D eigenvalue weighted by atomic mass is 16.1. The van der Waals surface area contributed by atoms with Crippen LogP contribution in [0.15, 0.2) is 53.3 Å². The van der Waals surface area contributed by atoms with E-state index in [4.69, 9.17) is 0 Å². The first kappa shape index (κ1) is 20.9. The molecule has 2 heterocycles. The van der Waals surface area contributed by atoms with Crippen LogP contribution in [0.5, 0.6) is 0 Å². The molecule has 0 bridgehead atoms. The number of nitrogens with one attached hydrogen (secondary N) is 2. The Morgan fingerprint density at radius 3 is 2.52 bits per heavy atom. The normalized spacial score (nSPS) is 12.9. The molecule has 1 aliphatic heterocycles. The number of aryl methyl sites for hydroxylation is 2. The Kier molecular flexibility index (Phi) is 5.68. The van der Waals surface area contributed by atoms with Gasteiger partial charge in [-0.15, -0.1) is 0 Å². The molecule has 5 heteroatoms. The lowest BCUT2D eigenvalue weighted by Crippen LogP contribution is -2.29. The SMILES string of the molecule is Cc1cc(C)c(CNC(=O)c2cc(-c3ccccc3)cc3c2CCN3C(C)C)c(=O)[nH]1. The summed E-state index contributed by atoms with van der Waals surface area (Å²) in [4.78, 5) is 30.8. The first-order valence-corrected chi connectivity index (χ1v) is 10.8. The molecular weight excluding hydrogens is 386 g/mol. The number of amides is 1. The van der Waals surface area contributed by atoms with Gasteiger partial charge in [0, 0.05) is 41.6 Å². The summed E-state index contributed by atoms with van der Waals surface area (Å²) in [5.41, 5.74) is 7.18. The lowest BCUT2D eigenvalue weighted by molar-refractivity contribution is 0.0950. The first-order chi connectivity index (χ1) is 14.8. The molecule has 0 aliphatic carbocycles. The van der Waals surface area contributed by atoms with E-state index in [-0.39, 0.29) is 18.0 Å². The van der Waals surface area contributed by atoms with Crippen molar-refractivity contribution < 1.29 is 4.79 Å². The number of aromatic amines is 1. The van der Waals surface area contributed by atoms with Gasteiger partial charge in [0.1, 0.15) is 0 Å². The highest BCUT2D eigenvalue weighted by Gasteiger charge is 2.27. The maximum Gasteiger partial charge on any atom is 0.253 e. The molecular formula is C26H29N3O2. The van der Waals surface area contributed by atoms with Crippen molar-refractivity contribution in [3.05, 3.63) is 86.8 Å². The number of nitrogens with zero attached hydrogens (tertiary/aromatic N) is 1. The summed E-state index contributed by atoms with van der Waals surface area (Å²) in [6.07, 6.45) is 0.843. The van der Waals surface area contributed by atoms with Crippen molar-refractivity contribution in [2.24, 2.45) is 0 Å². The van der Waals surface area contributed by atoms with Gasteiger partial charge in [-0.25, -0.2) is 0 Å². The molecule has 0 atom stereocenters. The van der Waals surface area contributed by atoms with Crippen LogP contribution in [0.1, 0.15) is 46.6 Å². The maximum atomic E-state index is 13.3. The average Bonchev–Trinajstić information content (AvgIpc) is 3.17. The molecule has 1 aliphatic rings. The Hall–Kier alpha value is -3.34. The van der Waals surface area contributed by atoms with Gasteiger partial charge in [-0.05, 0) is 74.6 Å². The number of pyridine rings is 1. The number of carbonyl (C=O) groups is 1. The third-order valence-electron chi connectivity index (χ3n) is 6.03. The molecule has 3 aromatic rings. The number of hydrogen-bond acceptors (Lipinski definition) is 3. The number of H-pyrrole nitrogens is 1. The summed E-state index contributed by atoms with van der Waals surface area (Å²) >= 11 is 0. The second-order valence-electron chi connectivity index (χ2n) is 8.55. The van der Waals surface area contributed by atoms with Crippen LogP contribution in [0.4, 0.5) is 5.69 Å². The number of aromatic nitrogens is 1. The standard InChI is InChI=1S/C26H29N3O2/c1-16(2)29-11-10-21-22(13-20(14-24(21)29)19-8-6-5-7-9-19)25(30)27-15-23-17(3)12-18(4)28-26(23)31/h5-9,12-14,16H,10-11,15H2,1-4H3,(H,27,30)(H,28,31). The summed E-state index contributed by atoms with van der Waals surface area (Å²) < 4.78 is 0. The van der Waals surface area contributed by atoms with Crippen LogP contribution >= 0.6 is 0 Å². The van der Waals surface area contributed by atoms with Crippen molar-refractivity contribution in [1.29, 1.82) is 0 Å². The molecule has 4 rings (SSSR count). The highest BCUT2D eigenvalue weighted by molar-refractivity contribution is 5.99. The minimum Gasteiger partial charge on any atom is -0.369 e. The number of rotatable bonds is 5. The van der Waals surface area contributed by atoms with E-state index in [1.807, 2.05) is 44.2 Å². The van der Waals surface area contributed by atoms with E-state index < -0.39 is 0 Å². The van der Waals surface area contributed by atoms with Crippen molar-refractivity contribution in [2.45, 2.75) is 46.7 Å². The fraction of sp³-hybridized carbons (Fsp3) is 0.308. The Labute approximate surface area is 183 Å². The van der Waals surface area contributed by atoms with Crippen molar-refractivity contribution >= 4 is 11.6 Å². The third-order valence-corrected chi connectivity index (χ3v) is 6.03. The molecule has 0 fully saturated rings. The molecule has 0 saturated heterocycles. The van der Waals surface area contributed by atoms with E-state index >= 15 is 0 Å². The van der Waals surface area contributed by atoms with Crippen molar-refractivity contribution in [2.75, 3.05) is 11.4 Å². The molecule has 5 nitrogen and oxygen atoms in total. The van der Waals surface area contributed by atoms with E-state index in [1.165, 1.54) is 0 Å². The minimum atomic E-state index is -0.146. The first-order valence-electron chi connectivity index (χ1n) is 10.8. The number of fused-ring (bicyclic) bond motifs is 1. The van der Waals surface area contributed by atoms with Crippen molar-refractivity contribution in [1.82, 2.24) is 10.3 Å². The summed E-state index contributed by atoms with van der Waals surface area (Å²) in [5, 5.41) is 2.99. The zero-order valence-electron chi connectivity index (χ0n) is 18.6. The molecule has 160 valence electrons. The number of hydrogen-bond donors (Lipinski definition) is 2. The van der Waals surface area contributed by atoms with Crippen LogP contribution in [0, 0.1) is 13.8 Å². The van der Waals surface area contributed by atoms with E-state index in [0.29, 0.717) is 17.2 Å². The Morgan fingerprint density at radius 2 is 1.84 bits per heavy atom. The molecule has 0 saturated carbocycles. The fourth-order valence-corrected chi connectivity index (χ4v) is 4.43. The molecule has 2 aromatic carbocycles. The summed E-state index contributed by atoms with van der Waals surface area (Å²) in [7, 11) is 0. The molecule has 0 unspecified atom stereocenters. The molecule has 0 spiro atoms. The number of anilines is 1. The van der Waals surface area contributed by atoms with Gasteiger partial charge in [-0.1, -0.05) is 30.3 Å². The summed E-state index contributed by atoms with van der Waals surface area (Å²) in [6.45, 7) is 9.22. The topological polar surface area (TPSA) is 65.2 Å². The largest absolute Gasteiger partial charge is 0.369 e. The van der Waals surface area contributed by atoms with Crippen LogP contribution in [0.25, 0.3) is 11.1 Å². The lowest BCUT2D eigenvalue weighted by Gasteiger charge is -2.25. The van der Waals surface area contributed by atoms with Gasteiger partial charge < -0.3 is 15.2 Å². The number of benzene rings is 2. The van der Waals surface area contributed by atoms with Gasteiger partial charge >= 0.3 is 0 Å². The zero-order chi connectivity index (χ0) is 22.1.